The van der Waals surface area contributed by atoms with Crippen molar-refractivity contribution in [3.63, 3.8) is 0 Å². The molecule has 0 aliphatic carbocycles. The van der Waals surface area contributed by atoms with Crippen molar-refractivity contribution in [2.24, 2.45) is 0 Å². The number of piperazine rings is 1. The minimum absolute atomic E-state index is 0.00820. The lowest BCUT2D eigenvalue weighted by molar-refractivity contribution is 0.0483. The lowest BCUT2D eigenvalue weighted by Crippen LogP contribution is -2.49. The summed E-state index contributed by atoms with van der Waals surface area (Å²) in [5.74, 6) is -0.147. The molecule has 1 aliphatic rings. The van der Waals surface area contributed by atoms with Gasteiger partial charge in [0.1, 0.15) is 0 Å². The number of aliphatic hydroxyl groups is 1. The number of benzene rings is 2. The molecule has 0 spiro atoms. The third-order valence-electron chi connectivity index (χ3n) is 6.86. The molecule has 0 radical (unpaired) electrons. The van der Waals surface area contributed by atoms with Crippen LogP contribution in [0.25, 0.3) is 26.7 Å². The van der Waals surface area contributed by atoms with Crippen LogP contribution in [0.1, 0.15) is 10.5 Å². The Morgan fingerprint density at radius 2 is 1.76 bits per heavy atom. The molecule has 1 aliphatic heterocycles. The number of ether oxygens (including phenoxy) is 1. The molecule has 1 amide bonds. The third-order valence-corrected chi connectivity index (χ3v) is 9.45. The summed E-state index contributed by atoms with van der Waals surface area (Å²) in [5.41, 5.74) is 2.50. The van der Waals surface area contributed by atoms with Gasteiger partial charge in [-0.15, -0.1) is 11.3 Å². The highest BCUT2D eigenvalue weighted by molar-refractivity contribution is 7.90. The van der Waals surface area contributed by atoms with Crippen LogP contribution >= 0.6 is 22.9 Å². The Morgan fingerprint density at radius 1 is 1.00 bits per heavy atom. The summed E-state index contributed by atoms with van der Waals surface area (Å²) in [4.78, 5) is 19.6. The second-order valence-electron chi connectivity index (χ2n) is 9.71. The van der Waals surface area contributed by atoms with Gasteiger partial charge >= 0.3 is 0 Å². The Morgan fingerprint density at radius 3 is 2.49 bits per heavy atom. The molecule has 5 rings (SSSR count). The fourth-order valence-electron chi connectivity index (χ4n) is 4.68. The molecule has 216 valence electrons. The molecule has 4 aromatic rings. The highest BCUT2D eigenvalue weighted by Gasteiger charge is 2.26. The van der Waals surface area contributed by atoms with E-state index in [0.29, 0.717) is 42.7 Å². The van der Waals surface area contributed by atoms with E-state index >= 15 is 0 Å². The standard InChI is InChI=1S/C29H31ClN4O5S2/c1-41(37,38)22-6-4-5-21(19-22)27-9-10-28(40-27)26-20-24(31-34(26)25-8-3-2-7-23(25)30)29(36)33-13-11-32(12-14-33)15-17-39-18-16-35/h2-10,19-20,35H,11-18H2,1H3. The molecule has 41 heavy (non-hydrogen) atoms. The van der Waals surface area contributed by atoms with E-state index < -0.39 is 9.84 Å². The molecule has 9 nitrogen and oxygen atoms in total. The number of amides is 1. The van der Waals surface area contributed by atoms with E-state index in [2.05, 4.69) is 4.90 Å². The Kier molecular flexibility index (Phi) is 9.22. The van der Waals surface area contributed by atoms with Crippen LogP contribution in [0.5, 0.6) is 0 Å². The number of thiophene rings is 1. The molecular formula is C29H31ClN4O5S2. The molecule has 1 saturated heterocycles. The van der Waals surface area contributed by atoms with Crippen LogP contribution in [0.2, 0.25) is 5.02 Å². The van der Waals surface area contributed by atoms with Crippen molar-refractivity contribution in [3.05, 3.63) is 77.4 Å². The summed E-state index contributed by atoms with van der Waals surface area (Å²) in [6, 6.07) is 19.9. The van der Waals surface area contributed by atoms with Gasteiger partial charge in [-0.3, -0.25) is 9.69 Å². The van der Waals surface area contributed by atoms with Gasteiger partial charge in [-0.1, -0.05) is 35.9 Å². The molecule has 1 fully saturated rings. The van der Waals surface area contributed by atoms with Gasteiger partial charge < -0.3 is 14.7 Å². The van der Waals surface area contributed by atoms with Gasteiger partial charge in [-0.2, -0.15) is 5.10 Å². The summed E-state index contributed by atoms with van der Waals surface area (Å²) in [6.45, 7) is 4.24. The number of carbonyl (C=O) groups excluding carboxylic acids is 1. The Bertz CT molecular complexity index is 1630. The minimum atomic E-state index is -3.34. The van der Waals surface area contributed by atoms with Crippen LogP contribution in [0.3, 0.4) is 0 Å². The lowest BCUT2D eigenvalue weighted by atomic mass is 10.2. The Hall–Kier alpha value is -3.06. The van der Waals surface area contributed by atoms with Gasteiger partial charge in [0.2, 0.25) is 0 Å². The van der Waals surface area contributed by atoms with E-state index in [1.54, 1.807) is 35.0 Å². The highest BCUT2D eigenvalue weighted by Crippen LogP contribution is 2.37. The average Bonchev–Trinajstić information content (AvgIpc) is 3.63. The van der Waals surface area contributed by atoms with Crippen LogP contribution in [-0.4, -0.2) is 97.8 Å². The van der Waals surface area contributed by atoms with E-state index in [1.165, 1.54) is 17.6 Å². The van der Waals surface area contributed by atoms with E-state index in [0.717, 1.165) is 40.6 Å². The van der Waals surface area contributed by atoms with Crippen LogP contribution in [0, 0.1) is 0 Å². The summed E-state index contributed by atoms with van der Waals surface area (Å²) in [7, 11) is -3.34. The smallest absolute Gasteiger partial charge is 0.274 e. The summed E-state index contributed by atoms with van der Waals surface area (Å²) >= 11 is 8.04. The first-order valence-corrected chi connectivity index (χ1v) is 16.3. The van der Waals surface area contributed by atoms with Crippen LogP contribution in [-0.2, 0) is 14.6 Å². The maximum absolute atomic E-state index is 13.6. The van der Waals surface area contributed by atoms with E-state index in [9.17, 15) is 13.2 Å². The number of aliphatic hydroxyl groups excluding tert-OH is 1. The van der Waals surface area contributed by atoms with Crippen LogP contribution in [0.4, 0.5) is 0 Å². The molecule has 2 aromatic heterocycles. The van der Waals surface area contributed by atoms with Gasteiger partial charge in [0.15, 0.2) is 15.5 Å². The fourth-order valence-corrected chi connectivity index (χ4v) is 6.56. The Labute approximate surface area is 248 Å². The maximum Gasteiger partial charge on any atom is 0.274 e. The normalized spacial score (nSPS) is 14.5. The fraction of sp³-hybridized carbons (Fsp3) is 0.310. The van der Waals surface area contributed by atoms with Crippen LogP contribution < -0.4 is 0 Å². The third kappa shape index (κ3) is 6.88. The van der Waals surface area contributed by atoms with Crippen molar-refractivity contribution in [2.75, 3.05) is 58.8 Å². The number of sulfone groups is 1. The first kappa shape index (κ1) is 29.4. The van der Waals surface area contributed by atoms with Gasteiger partial charge in [-0.05, 0) is 48.0 Å². The Balaban J connectivity index is 1.42. The van der Waals surface area contributed by atoms with Crippen molar-refractivity contribution in [3.8, 4) is 26.7 Å². The van der Waals surface area contributed by atoms with Crippen molar-refractivity contribution in [1.82, 2.24) is 19.6 Å². The summed E-state index contributed by atoms with van der Waals surface area (Å²) < 4.78 is 31.2. The minimum Gasteiger partial charge on any atom is -0.394 e. The number of nitrogens with zero attached hydrogens (tertiary/aromatic N) is 4. The largest absolute Gasteiger partial charge is 0.394 e. The summed E-state index contributed by atoms with van der Waals surface area (Å²) in [5, 5.41) is 14.1. The zero-order valence-electron chi connectivity index (χ0n) is 22.6. The molecule has 3 heterocycles. The number of rotatable bonds is 10. The van der Waals surface area contributed by atoms with Gasteiger partial charge in [0.25, 0.3) is 5.91 Å². The van der Waals surface area contributed by atoms with Gasteiger partial charge in [-0.25, -0.2) is 13.1 Å². The SMILES string of the molecule is CS(=O)(=O)c1cccc(-c2ccc(-c3cc(C(=O)N4CCN(CCOCCO)CC4)nn3-c3ccccc3Cl)s2)c1. The molecule has 0 saturated carbocycles. The average molecular weight is 615 g/mol. The number of hydrogen-bond acceptors (Lipinski definition) is 8. The maximum atomic E-state index is 13.6. The zero-order valence-corrected chi connectivity index (χ0v) is 25.0. The van der Waals surface area contributed by atoms with Crippen LogP contribution in [0.15, 0.2) is 71.6 Å². The number of para-hydroxylation sites is 1. The van der Waals surface area contributed by atoms with E-state index in [1.807, 2.05) is 41.3 Å². The predicted molar refractivity (Wildman–Crippen MR) is 161 cm³/mol. The highest BCUT2D eigenvalue weighted by atomic mass is 35.5. The molecular weight excluding hydrogens is 584 g/mol. The first-order valence-electron chi connectivity index (χ1n) is 13.2. The molecule has 2 aromatic carbocycles. The van der Waals surface area contributed by atoms with Crippen molar-refractivity contribution >= 4 is 38.7 Å². The quantitative estimate of drug-likeness (QED) is 0.268. The van der Waals surface area contributed by atoms with Crippen molar-refractivity contribution in [1.29, 1.82) is 0 Å². The van der Waals surface area contributed by atoms with Gasteiger partial charge in [0, 0.05) is 43.9 Å². The van der Waals surface area contributed by atoms with E-state index in [4.69, 9.17) is 26.5 Å². The second-order valence-corrected chi connectivity index (χ2v) is 13.2. The van der Waals surface area contributed by atoms with E-state index in [-0.39, 0.29) is 17.4 Å². The van der Waals surface area contributed by atoms with Gasteiger partial charge in [0.05, 0.1) is 46.0 Å². The number of carbonyl (C=O) groups is 1. The lowest BCUT2D eigenvalue weighted by Gasteiger charge is -2.34. The monoisotopic (exact) mass is 614 g/mol. The molecule has 1 N–H and O–H groups in total. The van der Waals surface area contributed by atoms with Crippen molar-refractivity contribution in [2.45, 2.75) is 4.90 Å². The topological polar surface area (TPSA) is 105 Å². The van der Waals surface area contributed by atoms with Crippen molar-refractivity contribution < 1.29 is 23.1 Å². The molecule has 0 bridgehead atoms. The number of aromatic nitrogens is 2. The number of halogens is 1. The number of hydrogen-bond donors (Lipinski definition) is 1. The molecule has 12 heteroatoms. The zero-order chi connectivity index (χ0) is 29.0. The first-order chi connectivity index (χ1) is 19.7. The summed E-state index contributed by atoms with van der Waals surface area (Å²) in [6.07, 6.45) is 1.19. The second kappa shape index (κ2) is 12.8. The molecule has 0 unspecified atom stereocenters. The molecule has 0 atom stereocenters. The predicted octanol–water partition coefficient (Wildman–Crippen LogP) is 4.09.